The van der Waals surface area contributed by atoms with E-state index in [0.29, 0.717) is 19.4 Å². The van der Waals surface area contributed by atoms with Crippen molar-refractivity contribution in [1.29, 1.82) is 0 Å². The van der Waals surface area contributed by atoms with Crippen LogP contribution in [0.3, 0.4) is 0 Å². The number of benzene rings is 2. The zero-order chi connectivity index (χ0) is 25.5. The van der Waals surface area contributed by atoms with E-state index in [9.17, 15) is 14.4 Å². The molecule has 2 atom stereocenters. The first kappa shape index (κ1) is 25.7. The van der Waals surface area contributed by atoms with Crippen molar-refractivity contribution in [3.63, 3.8) is 0 Å². The second kappa shape index (κ2) is 12.0. The highest BCUT2D eigenvalue weighted by molar-refractivity contribution is 5.87. The largest absolute Gasteiger partial charge is 0.461 e. The van der Waals surface area contributed by atoms with Gasteiger partial charge in [0.2, 0.25) is 5.91 Å². The lowest BCUT2D eigenvalue weighted by molar-refractivity contribution is -0.151. The van der Waals surface area contributed by atoms with Crippen LogP contribution >= 0.6 is 0 Å². The zero-order valence-electron chi connectivity index (χ0n) is 20.9. The van der Waals surface area contributed by atoms with Crippen LogP contribution in [0.15, 0.2) is 48.5 Å². The van der Waals surface area contributed by atoms with Gasteiger partial charge < -0.3 is 25.4 Å². The highest BCUT2D eigenvalue weighted by Gasteiger charge is 2.30. The van der Waals surface area contributed by atoms with Crippen LogP contribution in [0.5, 0.6) is 0 Å². The van der Waals surface area contributed by atoms with Crippen molar-refractivity contribution in [2.75, 3.05) is 19.7 Å². The number of esters is 1. The quantitative estimate of drug-likeness (QED) is 0.346. The van der Waals surface area contributed by atoms with Gasteiger partial charge in [0.05, 0.1) is 12.1 Å². The minimum atomic E-state index is -0.758. The maximum atomic E-state index is 12.5. The normalized spacial score (nSPS) is 17.2. The number of fused-ring (bicyclic) bond motifs is 3. The van der Waals surface area contributed by atoms with Gasteiger partial charge in [-0.15, -0.1) is 0 Å². The Kier molecular flexibility index (Phi) is 8.59. The molecule has 36 heavy (non-hydrogen) atoms. The maximum Gasteiger partial charge on any atom is 0.407 e. The molecule has 3 N–H and O–H groups in total. The molecule has 1 aliphatic carbocycles. The molecule has 192 valence electrons. The number of carbonyl (C=O) groups is 3. The fourth-order valence-electron chi connectivity index (χ4n) is 4.89. The molecule has 0 radical (unpaired) electrons. The third-order valence-electron chi connectivity index (χ3n) is 6.61. The van der Waals surface area contributed by atoms with Crippen molar-refractivity contribution in [3.8, 4) is 11.1 Å². The van der Waals surface area contributed by atoms with E-state index in [1.54, 1.807) is 13.8 Å². The summed E-state index contributed by atoms with van der Waals surface area (Å²) < 4.78 is 10.9. The molecule has 1 heterocycles. The van der Waals surface area contributed by atoms with Crippen LogP contribution in [0.4, 0.5) is 4.79 Å². The Morgan fingerprint density at radius 1 is 1.03 bits per heavy atom. The molecule has 0 saturated carbocycles. The number of nitrogens with one attached hydrogen (secondary N) is 3. The van der Waals surface area contributed by atoms with Gasteiger partial charge >= 0.3 is 12.1 Å². The SMILES string of the molecule is CC(C)OC(=O)C(CCCNC(=O)OCC1c2ccccc2-c2ccccc21)NC(=O)[C@@H]1CCCN1. The topological polar surface area (TPSA) is 106 Å². The third-order valence-corrected chi connectivity index (χ3v) is 6.61. The summed E-state index contributed by atoms with van der Waals surface area (Å²) in [7, 11) is 0. The molecule has 2 aromatic carbocycles. The average molecular weight is 494 g/mol. The average Bonchev–Trinajstić information content (AvgIpc) is 3.51. The molecule has 8 nitrogen and oxygen atoms in total. The summed E-state index contributed by atoms with van der Waals surface area (Å²) in [5.74, 6) is -0.655. The lowest BCUT2D eigenvalue weighted by Crippen LogP contribution is -2.49. The van der Waals surface area contributed by atoms with E-state index < -0.39 is 18.1 Å². The first-order chi connectivity index (χ1) is 17.4. The lowest BCUT2D eigenvalue weighted by atomic mass is 9.98. The van der Waals surface area contributed by atoms with Gasteiger partial charge in [-0.25, -0.2) is 9.59 Å². The van der Waals surface area contributed by atoms with Gasteiger partial charge in [-0.3, -0.25) is 4.79 Å². The Morgan fingerprint density at radius 3 is 2.31 bits per heavy atom. The van der Waals surface area contributed by atoms with Crippen LogP contribution in [0, 0.1) is 0 Å². The van der Waals surface area contributed by atoms with E-state index in [2.05, 4.69) is 40.2 Å². The molecule has 1 saturated heterocycles. The molecule has 4 rings (SSSR count). The van der Waals surface area contributed by atoms with Crippen molar-refractivity contribution in [3.05, 3.63) is 59.7 Å². The molecule has 0 spiro atoms. The predicted molar refractivity (Wildman–Crippen MR) is 136 cm³/mol. The van der Waals surface area contributed by atoms with Gasteiger partial charge in [-0.2, -0.15) is 0 Å². The van der Waals surface area contributed by atoms with Crippen LogP contribution in [-0.2, 0) is 19.1 Å². The summed E-state index contributed by atoms with van der Waals surface area (Å²) in [6, 6.07) is 15.3. The van der Waals surface area contributed by atoms with E-state index in [0.717, 1.165) is 30.5 Å². The van der Waals surface area contributed by atoms with Crippen molar-refractivity contribution < 1.29 is 23.9 Å². The third kappa shape index (κ3) is 6.23. The highest BCUT2D eigenvalue weighted by atomic mass is 16.5. The fraction of sp³-hybridized carbons (Fsp3) is 0.464. The van der Waals surface area contributed by atoms with Gasteiger partial charge in [0.1, 0.15) is 12.6 Å². The van der Waals surface area contributed by atoms with E-state index >= 15 is 0 Å². The smallest absolute Gasteiger partial charge is 0.407 e. The second-order valence-electron chi connectivity index (χ2n) is 9.59. The molecule has 2 aromatic rings. The molecule has 1 fully saturated rings. The Labute approximate surface area is 212 Å². The van der Waals surface area contributed by atoms with Gasteiger partial charge in [0.15, 0.2) is 0 Å². The Balaban J connectivity index is 1.25. The van der Waals surface area contributed by atoms with Gasteiger partial charge in [-0.1, -0.05) is 48.5 Å². The van der Waals surface area contributed by atoms with Crippen LogP contribution in [-0.4, -0.2) is 55.9 Å². The van der Waals surface area contributed by atoms with E-state index in [1.807, 2.05) is 24.3 Å². The number of carbonyl (C=O) groups excluding carboxylic acids is 3. The Bertz CT molecular complexity index is 1030. The molecule has 2 amide bonds. The molecule has 8 heteroatoms. The van der Waals surface area contributed by atoms with E-state index in [4.69, 9.17) is 9.47 Å². The number of hydrogen-bond donors (Lipinski definition) is 3. The van der Waals surface area contributed by atoms with Gasteiger partial charge in [0.25, 0.3) is 0 Å². The molecule has 0 bridgehead atoms. The number of rotatable bonds is 10. The number of ether oxygens (including phenoxy) is 2. The van der Waals surface area contributed by atoms with Crippen LogP contribution in [0.2, 0.25) is 0 Å². The Morgan fingerprint density at radius 2 is 1.69 bits per heavy atom. The van der Waals surface area contributed by atoms with E-state index in [1.165, 1.54) is 11.1 Å². The standard InChI is InChI=1S/C28H35N3O5/c1-18(2)36-27(33)25(31-26(32)24-13-7-15-29-24)14-8-16-30-28(34)35-17-23-21-11-5-3-9-19(21)20-10-4-6-12-22(20)23/h3-6,9-12,18,23-25,29H,7-8,13-17H2,1-2H3,(H,30,34)(H,31,32)/t24-,25?/m0/s1. The summed E-state index contributed by atoms with van der Waals surface area (Å²) in [6.45, 7) is 4.90. The first-order valence-corrected chi connectivity index (χ1v) is 12.8. The fourth-order valence-corrected chi connectivity index (χ4v) is 4.89. The number of amides is 2. The summed E-state index contributed by atoms with van der Waals surface area (Å²) >= 11 is 0. The zero-order valence-corrected chi connectivity index (χ0v) is 20.9. The molecule has 2 aliphatic rings. The number of alkyl carbamates (subject to hydrolysis) is 1. The van der Waals surface area contributed by atoms with Crippen LogP contribution in [0.1, 0.15) is 56.6 Å². The van der Waals surface area contributed by atoms with Crippen molar-refractivity contribution in [2.24, 2.45) is 0 Å². The second-order valence-corrected chi connectivity index (χ2v) is 9.59. The van der Waals surface area contributed by atoms with Gasteiger partial charge in [0, 0.05) is 12.5 Å². The summed E-state index contributed by atoms with van der Waals surface area (Å²) in [5, 5.41) is 8.71. The summed E-state index contributed by atoms with van der Waals surface area (Å²) in [4.78, 5) is 37.4. The summed E-state index contributed by atoms with van der Waals surface area (Å²) in [5.41, 5.74) is 4.67. The summed E-state index contributed by atoms with van der Waals surface area (Å²) in [6.07, 6.45) is 1.75. The molecule has 1 aliphatic heterocycles. The highest BCUT2D eigenvalue weighted by Crippen LogP contribution is 2.44. The molecular weight excluding hydrogens is 458 g/mol. The molecule has 0 aromatic heterocycles. The molecular formula is C28H35N3O5. The van der Waals surface area contributed by atoms with Crippen molar-refractivity contribution in [2.45, 2.75) is 63.6 Å². The Hall–Kier alpha value is -3.39. The number of hydrogen-bond acceptors (Lipinski definition) is 6. The van der Waals surface area contributed by atoms with Crippen LogP contribution in [0.25, 0.3) is 11.1 Å². The van der Waals surface area contributed by atoms with Crippen LogP contribution < -0.4 is 16.0 Å². The maximum absolute atomic E-state index is 12.5. The monoisotopic (exact) mass is 493 g/mol. The first-order valence-electron chi connectivity index (χ1n) is 12.8. The van der Waals surface area contributed by atoms with Crippen molar-refractivity contribution in [1.82, 2.24) is 16.0 Å². The minimum absolute atomic E-state index is 0.00209. The van der Waals surface area contributed by atoms with Gasteiger partial charge in [-0.05, 0) is 68.3 Å². The minimum Gasteiger partial charge on any atom is -0.461 e. The lowest BCUT2D eigenvalue weighted by Gasteiger charge is -2.21. The van der Waals surface area contributed by atoms with E-state index in [-0.39, 0.29) is 30.6 Å². The van der Waals surface area contributed by atoms with Crippen molar-refractivity contribution >= 4 is 18.0 Å². The molecule has 1 unspecified atom stereocenters. The predicted octanol–water partition coefficient (Wildman–Crippen LogP) is 3.49.